The summed E-state index contributed by atoms with van der Waals surface area (Å²) in [6.07, 6.45) is 0.944. The minimum atomic E-state index is -0.595. The number of cyclic esters (lactones) is 1. The van der Waals surface area contributed by atoms with E-state index in [2.05, 4.69) is 19.2 Å². The fourth-order valence-corrected chi connectivity index (χ4v) is 3.14. The zero-order chi connectivity index (χ0) is 20.8. The van der Waals surface area contributed by atoms with Crippen LogP contribution in [0.15, 0.2) is 48.5 Å². The van der Waals surface area contributed by atoms with Gasteiger partial charge in [-0.05, 0) is 41.7 Å². The van der Waals surface area contributed by atoms with Crippen molar-refractivity contribution in [1.29, 1.82) is 0 Å². The molecule has 29 heavy (non-hydrogen) atoms. The zero-order valence-corrected chi connectivity index (χ0v) is 16.6. The highest BCUT2D eigenvalue weighted by molar-refractivity contribution is 5.96. The van der Waals surface area contributed by atoms with E-state index in [-0.39, 0.29) is 12.5 Å². The van der Waals surface area contributed by atoms with Crippen molar-refractivity contribution >= 4 is 17.8 Å². The molecule has 6 nitrogen and oxygen atoms in total. The SMILES string of the molecule is CC(C)CCNC(=O)COC(=O)c1ccc2c(c1)CC(c1ccccc1)OC2=O. The quantitative estimate of drug-likeness (QED) is 0.726. The molecule has 152 valence electrons. The molecule has 3 rings (SSSR count). The number of carbonyl (C=O) groups excluding carboxylic acids is 3. The molecule has 1 aliphatic heterocycles. The monoisotopic (exact) mass is 395 g/mol. The van der Waals surface area contributed by atoms with Gasteiger partial charge in [0.1, 0.15) is 6.10 Å². The van der Waals surface area contributed by atoms with Gasteiger partial charge in [0.05, 0.1) is 11.1 Å². The average Bonchev–Trinajstić information content (AvgIpc) is 2.72. The Labute approximate surface area is 170 Å². The molecule has 0 saturated heterocycles. The summed E-state index contributed by atoms with van der Waals surface area (Å²) in [5.41, 5.74) is 2.38. The molecule has 1 amide bonds. The molecule has 2 aromatic carbocycles. The van der Waals surface area contributed by atoms with E-state index in [1.54, 1.807) is 12.1 Å². The van der Waals surface area contributed by atoms with Crippen molar-refractivity contribution in [2.24, 2.45) is 5.92 Å². The third kappa shape index (κ3) is 5.44. The van der Waals surface area contributed by atoms with Crippen molar-refractivity contribution in [3.05, 3.63) is 70.8 Å². The van der Waals surface area contributed by atoms with Crippen LogP contribution in [0.4, 0.5) is 0 Å². The van der Waals surface area contributed by atoms with Crippen LogP contribution >= 0.6 is 0 Å². The normalized spacial score (nSPS) is 15.4. The van der Waals surface area contributed by atoms with Crippen LogP contribution in [0.3, 0.4) is 0 Å². The van der Waals surface area contributed by atoms with Crippen LogP contribution in [0.5, 0.6) is 0 Å². The first-order chi connectivity index (χ1) is 13.9. The highest BCUT2D eigenvalue weighted by Gasteiger charge is 2.28. The van der Waals surface area contributed by atoms with Gasteiger partial charge in [-0.25, -0.2) is 9.59 Å². The summed E-state index contributed by atoms with van der Waals surface area (Å²) in [4.78, 5) is 36.4. The Morgan fingerprint density at radius 1 is 1.17 bits per heavy atom. The fraction of sp³-hybridized carbons (Fsp3) is 0.348. The lowest BCUT2D eigenvalue weighted by molar-refractivity contribution is -0.124. The third-order valence-corrected chi connectivity index (χ3v) is 4.77. The van der Waals surface area contributed by atoms with E-state index >= 15 is 0 Å². The molecule has 0 fully saturated rings. The molecule has 0 aliphatic carbocycles. The van der Waals surface area contributed by atoms with Crippen molar-refractivity contribution in [2.45, 2.75) is 32.8 Å². The van der Waals surface area contributed by atoms with Gasteiger partial charge in [0.25, 0.3) is 5.91 Å². The second kappa shape index (κ2) is 9.37. The van der Waals surface area contributed by atoms with Gasteiger partial charge < -0.3 is 14.8 Å². The minimum Gasteiger partial charge on any atom is -0.454 e. The molecule has 2 aromatic rings. The fourth-order valence-electron chi connectivity index (χ4n) is 3.14. The standard InChI is InChI=1S/C23H25NO5/c1-15(2)10-11-24-21(25)14-28-22(26)17-8-9-19-18(12-17)13-20(29-23(19)27)16-6-4-3-5-7-16/h3-9,12,15,20H,10-11,13-14H2,1-2H3,(H,24,25). The number of hydrogen-bond donors (Lipinski definition) is 1. The Bertz CT molecular complexity index is 891. The molecule has 6 heteroatoms. The molecule has 1 N–H and O–H groups in total. The molecule has 1 heterocycles. The van der Waals surface area contributed by atoms with Crippen LogP contribution < -0.4 is 5.32 Å². The van der Waals surface area contributed by atoms with Gasteiger partial charge in [-0.1, -0.05) is 44.2 Å². The van der Waals surface area contributed by atoms with E-state index in [1.165, 1.54) is 6.07 Å². The maximum Gasteiger partial charge on any atom is 0.339 e. The molecular formula is C23H25NO5. The Kier molecular flexibility index (Phi) is 6.65. The van der Waals surface area contributed by atoms with E-state index in [4.69, 9.17) is 9.47 Å². The van der Waals surface area contributed by atoms with Crippen molar-refractivity contribution < 1.29 is 23.9 Å². The van der Waals surface area contributed by atoms with E-state index in [9.17, 15) is 14.4 Å². The van der Waals surface area contributed by atoms with Gasteiger partial charge in [-0.3, -0.25) is 4.79 Å². The molecule has 0 radical (unpaired) electrons. The smallest absolute Gasteiger partial charge is 0.339 e. The number of fused-ring (bicyclic) bond motifs is 1. The van der Waals surface area contributed by atoms with Crippen molar-refractivity contribution in [1.82, 2.24) is 5.32 Å². The van der Waals surface area contributed by atoms with Gasteiger partial charge >= 0.3 is 11.9 Å². The largest absolute Gasteiger partial charge is 0.454 e. The lowest BCUT2D eigenvalue weighted by Crippen LogP contribution is -2.30. The van der Waals surface area contributed by atoms with E-state index in [0.29, 0.717) is 30.0 Å². The number of ether oxygens (including phenoxy) is 2. The van der Waals surface area contributed by atoms with E-state index in [1.807, 2.05) is 30.3 Å². The first kappa shape index (κ1) is 20.6. The summed E-state index contributed by atoms with van der Waals surface area (Å²) in [5.74, 6) is -0.851. The molecule has 0 saturated carbocycles. The number of amides is 1. The van der Waals surface area contributed by atoms with Gasteiger partial charge in [-0.15, -0.1) is 0 Å². The zero-order valence-electron chi connectivity index (χ0n) is 16.6. The molecule has 0 spiro atoms. The summed E-state index contributed by atoms with van der Waals surface area (Å²) in [6.45, 7) is 4.36. The number of nitrogens with one attached hydrogen (secondary N) is 1. The Hall–Kier alpha value is -3.15. The lowest BCUT2D eigenvalue weighted by atomic mass is 9.93. The summed E-state index contributed by atoms with van der Waals surface area (Å²) in [6, 6.07) is 14.2. The van der Waals surface area contributed by atoms with Gasteiger partial charge in [-0.2, -0.15) is 0 Å². The predicted octanol–water partition coefficient (Wildman–Crippen LogP) is 3.46. The molecule has 1 atom stereocenters. The minimum absolute atomic E-state index is 0.306. The topological polar surface area (TPSA) is 81.7 Å². The summed E-state index contributed by atoms with van der Waals surface area (Å²) in [7, 11) is 0. The van der Waals surface area contributed by atoms with Crippen LogP contribution in [0, 0.1) is 5.92 Å². The van der Waals surface area contributed by atoms with Gasteiger partial charge in [0.15, 0.2) is 6.61 Å². The summed E-state index contributed by atoms with van der Waals surface area (Å²) in [5, 5.41) is 2.72. The summed E-state index contributed by atoms with van der Waals surface area (Å²) >= 11 is 0. The van der Waals surface area contributed by atoms with Crippen molar-refractivity contribution in [3.8, 4) is 0 Å². The predicted molar refractivity (Wildman–Crippen MR) is 107 cm³/mol. The van der Waals surface area contributed by atoms with E-state index < -0.39 is 18.0 Å². The number of carbonyl (C=O) groups is 3. The van der Waals surface area contributed by atoms with Gasteiger partial charge in [0.2, 0.25) is 0 Å². The number of rotatable bonds is 7. The number of hydrogen-bond acceptors (Lipinski definition) is 5. The van der Waals surface area contributed by atoms with Crippen LogP contribution in [-0.4, -0.2) is 31.0 Å². The highest BCUT2D eigenvalue weighted by atomic mass is 16.5. The highest BCUT2D eigenvalue weighted by Crippen LogP contribution is 2.31. The van der Waals surface area contributed by atoms with Crippen LogP contribution in [0.25, 0.3) is 0 Å². The molecule has 0 bridgehead atoms. The molecule has 1 unspecified atom stereocenters. The maximum absolute atomic E-state index is 12.3. The van der Waals surface area contributed by atoms with Crippen molar-refractivity contribution in [3.63, 3.8) is 0 Å². The van der Waals surface area contributed by atoms with Crippen LogP contribution in [0.1, 0.15) is 58.2 Å². The third-order valence-electron chi connectivity index (χ3n) is 4.77. The van der Waals surface area contributed by atoms with Crippen LogP contribution in [-0.2, 0) is 20.7 Å². The lowest BCUT2D eigenvalue weighted by Gasteiger charge is -2.25. The molecule has 1 aliphatic rings. The molecular weight excluding hydrogens is 370 g/mol. The second-order valence-electron chi connectivity index (χ2n) is 7.49. The Morgan fingerprint density at radius 3 is 2.66 bits per heavy atom. The second-order valence-corrected chi connectivity index (χ2v) is 7.49. The summed E-state index contributed by atoms with van der Waals surface area (Å²) < 4.78 is 10.6. The Morgan fingerprint density at radius 2 is 1.93 bits per heavy atom. The average molecular weight is 395 g/mol. The maximum atomic E-state index is 12.3. The Balaban J connectivity index is 1.63. The van der Waals surface area contributed by atoms with Gasteiger partial charge in [0, 0.05) is 13.0 Å². The first-order valence-electron chi connectivity index (χ1n) is 9.76. The van der Waals surface area contributed by atoms with E-state index in [0.717, 1.165) is 17.5 Å². The first-order valence-corrected chi connectivity index (χ1v) is 9.76. The molecule has 0 aromatic heterocycles. The van der Waals surface area contributed by atoms with Crippen LogP contribution in [0.2, 0.25) is 0 Å². The number of esters is 2. The number of benzene rings is 2. The van der Waals surface area contributed by atoms with Crippen molar-refractivity contribution in [2.75, 3.05) is 13.2 Å².